The summed E-state index contributed by atoms with van der Waals surface area (Å²) in [7, 11) is 0. The Labute approximate surface area is 89.5 Å². The molecular formula is C12H16O3. The van der Waals surface area contributed by atoms with Crippen LogP contribution in [0.3, 0.4) is 0 Å². The lowest BCUT2D eigenvalue weighted by Gasteiger charge is -2.00. The fraction of sp³-hybridized carbons (Fsp3) is 0.500. The van der Waals surface area contributed by atoms with Gasteiger partial charge in [-0.2, -0.15) is 0 Å². The maximum absolute atomic E-state index is 11.2. The van der Waals surface area contributed by atoms with E-state index < -0.39 is 5.97 Å². The normalized spacial score (nSPS) is 20.3. The highest BCUT2D eigenvalue weighted by atomic mass is 16.4. The lowest BCUT2D eigenvalue weighted by Crippen LogP contribution is -2.04. The van der Waals surface area contributed by atoms with Gasteiger partial charge in [-0.1, -0.05) is 24.3 Å². The Morgan fingerprint density at radius 3 is 2.93 bits per heavy atom. The van der Waals surface area contributed by atoms with Crippen molar-refractivity contribution in [2.75, 3.05) is 0 Å². The molecule has 0 heterocycles. The maximum Gasteiger partial charge on any atom is 0.303 e. The second kappa shape index (κ2) is 6.17. The number of carbonyl (C=O) groups excluding carboxylic acids is 1. The van der Waals surface area contributed by atoms with E-state index in [-0.39, 0.29) is 18.1 Å². The molecule has 0 aromatic carbocycles. The summed E-state index contributed by atoms with van der Waals surface area (Å²) < 4.78 is 0. The molecule has 1 aliphatic carbocycles. The summed E-state index contributed by atoms with van der Waals surface area (Å²) in [5.41, 5.74) is 0. The van der Waals surface area contributed by atoms with E-state index in [2.05, 4.69) is 0 Å². The zero-order valence-electron chi connectivity index (χ0n) is 8.69. The molecule has 0 saturated carbocycles. The van der Waals surface area contributed by atoms with E-state index in [1.54, 1.807) is 0 Å². The Hall–Kier alpha value is -1.38. The van der Waals surface area contributed by atoms with Gasteiger partial charge < -0.3 is 5.11 Å². The second-order valence-electron chi connectivity index (χ2n) is 3.70. The van der Waals surface area contributed by atoms with Crippen molar-refractivity contribution >= 4 is 11.8 Å². The number of carboxylic acid groups (broad SMARTS) is 1. The third kappa shape index (κ3) is 4.58. The summed E-state index contributed by atoms with van der Waals surface area (Å²) in [6, 6.07) is 0. The topological polar surface area (TPSA) is 54.4 Å². The van der Waals surface area contributed by atoms with Crippen LogP contribution < -0.4 is 0 Å². The summed E-state index contributed by atoms with van der Waals surface area (Å²) >= 11 is 0. The lowest BCUT2D eigenvalue weighted by molar-refractivity contribution is -0.137. The van der Waals surface area contributed by atoms with Crippen LogP contribution in [0.1, 0.15) is 32.1 Å². The number of rotatable bonds is 6. The minimum atomic E-state index is -0.752. The average Bonchev–Trinajstić information content (AvgIpc) is 2.57. The van der Waals surface area contributed by atoms with Crippen molar-refractivity contribution in [2.24, 2.45) is 5.92 Å². The van der Waals surface area contributed by atoms with Crippen LogP contribution in [0.5, 0.6) is 0 Å². The molecule has 82 valence electrons. The Bertz CT molecular complexity index is 289. The van der Waals surface area contributed by atoms with Gasteiger partial charge in [0.15, 0.2) is 0 Å². The van der Waals surface area contributed by atoms with Crippen molar-refractivity contribution in [2.45, 2.75) is 32.1 Å². The summed E-state index contributed by atoms with van der Waals surface area (Å²) in [6.45, 7) is 0. The largest absolute Gasteiger partial charge is 0.481 e. The highest BCUT2D eigenvalue weighted by Crippen LogP contribution is 2.17. The van der Waals surface area contributed by atoms with Gasteiger partial charge in [-0.25, -0.2) is 0 Å². The molecule has 0 amide bonds. The zero-order chi connectivity index (χ0) is 11.1. The van der Waals surface area contributed by atoms with Crippen molar-refractivity contribution < 1.29 is 14.7 Å². The molecule has 0 aromatic rings. The standard InChI is InChI=1S/C12H16O3/c13-11-8-5-7-10(11)6-3-1-2-4-9-12(14)15/h1,3,5,7,10H,2,4,6,8-9H2,(H,14,15)/b3-1-. The van der Waals surface area contributed by atoms with E-state index in [1.807, 2.05) is 24.3 Å². The van der Waals surface area contributed by atoms with Gasteiger partial charge in [0.25, 0.3) is 0 Å². The maximum atomic E-state index is 11.2. The Kier molecular flexibility index (Phi) is 4.81. The first-order valence-corrected chi connectivity index (χ1v) is 5.26. The van der Waals surface area contributed by atoms with E-state index in [0.717, 1.165) is 12.8 Å². The molecular weight excluding hydrogens is 192 g/mol. The van der Waals surface area contributed by atoms with Crippen molar-refractivity contribution in [3.05, 3.63) is 24.3 Å². The minimum absolute atomic E-state index is 0.0562. The molecule has 0 radical (unpaired) electrons. The van der Waals surface area contributed by atoms with Gasteiger partial charge in [0.05, 0.1) is 0 Å². The van der Waals surface area contributed by atoms with Gasteiger partial charge in [0.1, 0.15) is 5.78 Å². The van der Waals surface area contributed by atoms with E-state index in [1.165, 1.54) is 0 Å². The highest BCUT2D eigenvalue weighted by molar-refractivity contribution is 5.86. The van der Waals surface area contributed by atoms with Crippen LogP contribution in [0.25, 0.3) is 0 Å². The summed E-state index contributed by atoms with van der Waals surface area (Å²) in [4.78, 5) is 21.4. The molecule has 3 heteroatoms. The van der Waals surface area contributed by atoms with Gasteiger partial charge in [-0.3, -0.25) is 9.59 Å². The molecule has 0 fully saturated rings. The highest BCUT2D eigenvalue weighted by Gasteiger charge is 2.16. The first kappa shape index (κ1) is 11.7. The zero-order valence-corrected chi connectivity index (χ0v) is 8.69. The van der Waals surface area contributed by atoms with Gasteiger partial charge in [0, 0.05) is 18.8 Å². The molecule has 1 atom stereocenters. The van der Waals surface area contributed by atoms with Crippen molar-refractivity contribution in [1.82, 2.24) is 0 Å². The van der Waals surface area contributed by atoms with Crippen LogP contribution in [-0.2, 0) is 9.59 Å². The Morgan fingerprint density at radius 2 is 2.33 bits per heavy atom. The quantitative estimate of drug-likeness (QED) is 0.538. The van der Waals surface area contributed by atoms with Crippen LogP contribution in [0.2, 0.25) is 0 Å². The Morgan fingerprint density at radius 1 is 1.53 bits per heavy atom. The number of hydrogen-bond donors (Lipinski definition) is 1. The van der Waals surface area contributed by atoms with Crippen LogP contribution >= 0.6 is 0 Å². The van der Waals surface area contributed by atoms with Gasteiger partial charge in [0.2, 0.25) is 0 Å². The fourth-order valence-electron chi connectivity index (χ4n) is 1.55. The Balaban J connectivity index is 2.09. The smallest absolute Gasteiger partial charge is 0.303 e. The number of unbranched alkanes of at least 4 members (excludes halogenated alkanes) is 1. The number of hydrogen-bond acceptors (Lipinski definition) is 2. The molecule has 1 aliphatic rings. The number of carbonyl (C=O) groups is 2. The molecule has 1 unspecified atom stereocenters. The van der Waals surface area contributed by atoms with E-state index >= 15 is 0 Å². The first-order valence-electron chi connectivity index (χ1n) is 5.26. The van der Waals surface area contributed by atoms with Gasteiger partial charge in [-0.05, 0) is 19.3 Å². The van der Waals surface area contributed by atoms with Crippen molar-refractivity contribution in [3.8, 4) is 0 Å². The number of carboxylic acids is 1. The van der Waals surface area contributed by atoms with Gasteiger partial charge in [-0.15, -0.1) is 0 Å². The predicted molar refractivity (Wildman–Crippen MR) is 57.5 cm³/mol. The lowest BCUT2D eigenvalue weighted by atomic mass is 10.0. The molecule has 0 bridgehead atoms. The molecule has 3 nitrogen and oxygen atoms in total. The van der Waals surface area contributed by atoms with Gasteiger partial charge >= 0.3 is 5.97 Å². The second-order valence-corrected chi connectivity index (χ2v) is 3.70. The third-order valence-electron chi connectivity index (χ3n) is 2.42. The summed E-state index contributed by atoms with van der Waals surface area (Å²) in [5.74, 6) is -0.414. The monoisotopic (exact) mass is 208 g/mol. The summed E-state index contributed by atoms with van der Waals surface area (Å²) in [6.07, 6.45) is 10.8. The minimum Gasteiger partial charge on any atom is -0.481 e. The van der Waals surface area contributed by atoms with E-state index in [4.69, 9.17) is 5.11 Å². The van der Waals surface area contributed by atoms with Crippen molar-refractivity contribution in [1.29, 1.82) is 0 Å². The van der Waals surface area contributed by atoms with Crippen LogP contribution in [0.4, 0.5) is 0 Å². The van der Waals surface area contributed by atoms with E-state index in [0.29, 0.717) is 12.8 Å². The molecule has 0 spiro atoms. The fourth-order valence-corrected chi connectivity index (χ4v) is 1.55. The predicted octanol–water partition coefficient (Wildman–Crippen LogP) is 2.33. The number of Topliss-reactive ketones (excluding diaryl/α,β-unsaturated/α-hetero) is 1. The van der Waals surface area contributed by atoms with Crippen molar-refractivity contribution in [3.63, 3.8) is 0 Å². The molecule has 0 saturated heterocycles. The van der Waals surface area contributed by atoms with E-state index in [9.17, 15) is 9.59 Å². The molecule has 1 rings (SSSR count). The summed E-state index contributed by atoms with van der Waals surface area (Å²) in [5, 5.41) is 8.40. The molecule has 0 aromatic heterocycles. The average molecular weight is 208 g/mol. The number of aliphatic carboxylic acids is 1. The number of ketones is 1. The third-order valence-corrected chi connectivity index (χ3v) is 2.42. The van der Waals surface area contributed by atoms with Crippen LogP contribution in [0, 0.1) is 5.92 Å². The SMILES string of the molecule is O=C(O)CCC/C=C\CC1C=CCC1=O. The molecule has 1 N–H and O–H groups in total. The van der Waals surface area contributed by atoms with Crippen LogP contribution in [0.15, 0.2) is 24.3 Å². The van der Waals surface area contributed by atoms with Crippen LogP contribution in [-0.4, -0.2) is 16.9 Å². The molecule has 0 aliphatic heterocycles. The molecule has 15 heavy (non-hydrogen) atoms. The first-order chi connectivity index (χ1) is 7.20. The number of allylic oxidation sites excluding steroid dienone is 4.